The summed E-state index contributed by atoms with van der Waals surface area (Å²) in [6.45, 7) is -0.655. The van der Waals surface area contributed by atoms with Gasteiger partial charge in [-0.1, -0.05) is 0 Å². The summed E-state index contributed by atoms with van der Waals surface area (Å²) >= 11 is 0. The quantitative estimate of drug-likeness (QED) is 0.430. The van der Waals surface area contributed by atoms with E-state index in [1.165, 1.54) is 0 Å². The first-order chi connectivity index (χ1) is 6.13. The van der Waals surface area contributed by atoms with Crippen molar-refractivity contribution in [1.82, 2.24) is 10.6 Å². The van der Waals surface area contributed by atoms with Gasteiger partial charge in [-0.25, -0.2) is 0 Å². The van der Waals surface area contributed by atoms with Crippen molar-refractivity contribution >= 4 is 17.7 Å². The van der Waals surface area contributed by atoms with E-state index >= 15 is 0 Å². The van der Waals surface area contributed by atoms with Gasteiger partial charge in [0.25, 0.3) is 0 Å². The lowest BCUT2D eigenvalue weighted by Gasteiger charge is -2.21. The average molecular weight is 186 g/mol. The predicted octanol–water partition coefficient (Wildman–Crippen LogP) is -2.10. The monoisotopic (exact) mass is 186 g/mol. The predicted molar refractivity (Wildman–Crippen MR) is 41.4 cm³/mol. The molecule has 0 radical (unpaired) electrons. The number of nitrogens with one attached hydrogen (secondary N) is 2. The van der Waals surface area contributed by atoms with Gasteiger partial charge >= 0.3 is 0 Å². The number of piperidine rings is 1. The molecule has 1 unspecified atom stereocenters. The molecule has 1 aliphatic rings. The minimum absolute atomic E-state index is 0.210. The van der Waals surface area contributed by atoms with E-state index < -0.39 is 24.5 Å². The molecule has 0 aromatic rings. The molecule has 1 atom stereocenters. The molecule has 3 amide bonds. The van der Waals surface area contributed by atoms with Gasteiger partial charge in [0.15, 0.2) is 0 Å². The number of hydrogen-bond acceptors (Lipinski definition) is 4. The fourth-order valence-electron chi connectivity index (χ4n) is 1.07. The minimum atomic E-state index is -0.697. The standard InChI is InChI=1S/C7H10N2O4/c10-3-6(12)8-4-1-2-5(11)9-7(4)13/h4,10H,1-3H2,(H,8,12)(H,9,11,13). The summed E-state index contributed by atoms with van der Waals surface area (Å²) in [5.74, 6) is -1.47. The third-order valence-corrected chi connectivity index (χ3v) is 1.72. The van der Waals surface area contributed by atoms with E-state index in [1.807, 2.05) is 0 Å². The Morgan fingerprint density at radius 2 is 2.31 bits per heavy atom. The molecule has 1 aliphatic heterocycles. The van der Waals surface area contributed by atoms with Crippen LogP contribution in [0.5, 0.6) is 0 Å². The Morgan fingerprint density at radius 1 is 1.62 bits per heavy atom. The molecule has 13 heavy (non-hydrogen) atoms. The highest BCUT2D eigenvalue weighted by Crippen LogP contribution is 2.03. The Kier molecular flexibility index (Phi) is 2.97. The van der Waals surface area contributed by atoms with Gasteiger partial charge in [0, 0.05) is 6.42 Å². The first kappa shape index (κ1) is 9.66. The molecule has 0 saturated carbocycles. The molecule has 0 bridgehead atoms. The summed E-state index contributed by atoms with van der Waals surface area (Å²) in [4.78, 5) is 32.4. The van der Waals surface area contributed by atoms with Crippen LogP contribution in [0.3, 0.4) is 0 Å². The van der Waals surface area contributed by atoms with E-state index in [1.54, 1.807) is 0 Å². The Hall–Kier alpha value is -1.43. The molecule has 6 nitrogen and oxygen atoms in total. The first-order valence-electron chi connectivity index (χ1n) is 3.87. The topological polar surface area (TPSA) is 95.5 Å². The number of imide groups is 1. The number of rotatable bonds is 2. The van der Waals surface area contributed by atoms with Gasteiger partial charge in [-0.2, -0.15) is 0 Å². The van der Waals surface area contributed by atoms with Crippen LogP contribution < -0.4 is 10.6 Å². The molecule has 6 heteroatoms. The number of carbonyl (C=O) groups is 3. The van der Waals surface area contributed by atoms with Gasteiger partial charge in [0.2, 0.25) is 17.7 Å². The second-order valence-corrected chi connectivity index (χ2v) is 2.73. The zero-order chi connectivity index (χ0) is 9.84. The van der Waals surface area contributed by atoms with Crippen molar-refractivity contribution in [1.29, 1.82) is 0 Å². The molecule has 1 rings (SSSR count). The maximum atomic E-state index is 11.0. The third-order valence-electron chi connectivity index (χ3n) is 1.72. The highest BCUT2D eigenvalue weighted by atomic mass is 16.3. The Bertz CT molecular complexity index is 251. The van der Waals surface area contributed by atoms with Crippen molar-refractivity contribution in [3.63, 3.8) is 0 Å². The van der Waals surface area contributed by atoms with Crippen LogP contribution in [0.1, 0.15) is 12.8 Å². The lowest BCUT2D eigenvalue weighted by molar-refractivity contribution is -0.137. The number of amides is 3. The number of carbonyl (C=O) groups excluding carboxylic acids is 3. The smallest absolute Gasteiger partial charge is 0.249 e. The lowest BCUT2D eigenvalue weighted by atomic mass is 10.1. The molecule has 72 valence electrons. The van der Waals surface area contributed by atoms with E-state index in [9.17, 15) is 14.4 Å². The maximum absolute atomic E-state index is 11.0. The van der Waals surface area contributed by atoms with Gasteiger partial charge < -0.3 is 10.4 Å². The van der Waals surface area contributed by atoms with Crippen LogP contribution in [0, 0.1) is 0 Å². The van der Waals surface area contributed by atoms with Gasteiger partial charge in [-0.05, 0) is 6.42 Å². The van der Waals surface area contributed by atoms with Crippen LogP contribution in [0.4, 0.5) is 0 Å². The van der Waals surface area contributed by atoms with Gasteiger partial charge in [0.05, 0.1) is 0 Å². The van der Waals surface area contributed by atoms with E-state index in [0.29, 0.717) is 0 Å². The van der Waals surface area contributed by atoms with Crippen molar-refractivity contribution < 1.29 is 19.5 Å². The van der Waals surface area contributed by atoms with Crippen molar-refractivity contribution in [2.75, 3.05) is 6.61 Å². The Balaban J connectivity index is 2.47. The lowest BCUT2D eigenvalue weighted by Crippen LogP contribution is -2.52. The zero-order valence-electron chi connectivity index (χ0n) is 6.87. The highest BCUT2D eigenvalue weighted by molar-refractivity contribution is 6.01. The van der Waals surface area contributed by atoms with Crippen molar-refractivity contribution in [3.8, 4) is 0 Å². The Labute approximate surface area is 74.3 Å². The number of hydrogen-bond donors (Lipinski definition) is 3. The molecule has 0 spiro atoms. The van der Waals surface area contributed by atoms with Crippen molar-refractivity contribution in [2.45, 2.75) is 18.9 Å². The molecule has 1 saturated heterocycles. The fraction of sp³-hybridized carbons (Fsp3) is 0.571. The number of aliphatic hydroxyl groups is 1. The average Bonchev–Trinajstić information content (AvgIpc) is 2.09. The molecule has 0 aliphatic carbocycles. The molecule has 3 N–H and O–H groups in total. The summed E-state index contributed by atoms with van der Waals surface area (Å²) < 4.78 is 0. The summed E-state index contributed by atoms with van der Waals surface area (Å²) in [5, 5.41) is 12.8. The van der Waals surface area contributed by atoms with E-state index in [-0.39, 0.29) is 18.7 Å². The molecular weight excluding hydrogens is 176 g/mol. The number of aliphatic hydroxyl groups excluding tert-OH is 1. The normalized spacial score (nSPS) is 22.4. The fourth-order valence-corrected chi connectivity index (χ4v) is 1.07. The SMILES string of the molecule is O=C1CCC(NC(=O)CO)C(=O)N1. The zero-order valence-corrected chi connectivity index (χ0v) is 6.87. The van der Waals surface area contributed by atoms with Gasteiger partial charge in [0.1, 0.15) is 12.6 Å². The largest absolute Gasteiger partial charge is 0.387 e. The summed E-state index contributed by atoms with van der Waals surface area (Å²) in [5.41, 5.74) is 0. The minimum Gasteiger partial charge on any atom is -0.387 e. The summed E-state index contributed by atoms with van der Waals surface area (Å²) in [7, 11) is 0. The van der Waals surface area contributed by atoms with Gasteiger partial charge in [-0.15, -0.1) is 0 Å². The van der Waals surface area contributed by atoms with Crippen LogP contribution in [0.25, 0.3) is 0 Å². The maximum Gasteiger partial charge on any atom is 0.249 e. The third kappa shape index (κ3) is 2.51. The van der Waals surface area contributed by atoms with Crippen LogP contribution in [-0.4, -0.2) is 35.5 Å². The van der Waals surface area contributed by atoms with Crippen LogP contribution in [0.2, 0.25) is 0 Å². The summed E-state index contributed by atoms with van der Waals surface area (Å²) in [6.07, 6.45) is 0.499. The second-order valence-electron chi connectivity index (χ2n) is 2.73. The van der Waals surface area contributed by atoms with Crippen LogP contribution in [0.15, 0.2) is 0 Å². The Morgan fingerprint density at radius 3 is 2.85 bits per heavy atom. The van der Waals surface area contributed by atoms with E-state index in [4.69, 9.17) is 5.11 Å². The van der Waals surface area contributed by atoms with Crippen LogP contribution in [-0.2, 0) is 14.4 Å². The van der Waals surface area contributed by atoms with E-state index in [2.05, 4.69) is 10.6 Å². The molecule has 1 heterocycles. The van der Waals surface area contributed by atoms with Crippen molar-refractivity contribution in [3.05, 3.63) is 0 Å². The second kappa shape index (κ2) is 3.99. The highest BCUT2D eigenvalue weighted by Gasteiger charge is 2.27. The van der Waals surface area contributed by atoms with Gasteiger partial charge in [-0.3, -0.25) is 19.7 Å². The molecule has 0 aromatic heterocycles. The first-order valence-corrected chi connectivity index (χ1v) is 3.87. The van der Waals surface area contributed by atoms with E-state index in [0.717, 1.165) is 0 Å². The molecular formula is C7H10N2O4. The van der Waals surface area contributed by atoms with Crippen molar-refractivity contribution in [2.24, 2.45) is 0 Å². The molecule has 0 aromatic carbocycles. The van der Waals surface area contributed by atoms with Crippen LogP contribution >= 0.6 is 0 Å². The summed E-state index contributed by atoms with van der Waals surface area (Å²) in [6, 6.07) is -0.697. The molecule has 1 fully saturated rings.